The maximum Gasteiger partial charge on any atom is 0.247 e. The predicted octanol–water partition coefficient (Wildman–Crippen LogP) is 1.88. The molecular weight excluding hydrogens is 240 g/mol. The Balaban J connectivity index is 1.66. The number of aromatic nitrogens is 2. The highest BCUT2D eigenvalue weighted by molar-refractivity contribution is 5.97. The Bertz CT molecular complexity index is 580. The van der Waals surface area contributed by atoms with Crippen LogP contribution in [-0.2, 0) is 17.8 Å². The zero-order valence-electron chi connectivity index (χ0n) is 10.8. The average molecular weight is 256 g/mol. The molecule has 1 unspecified atom stereocenters. The first kappa shape index (κ1) is 11.8. The van der Waals surface area contributed by atoms with Crippen molar-refractivity contribution in [3.05, 3.63) is 42.2 Å². The van der Waals surface area contributed by atoms with E-state index >= 15 is 0 Å². The van der Waals surface area contributed by atoms with Crippen LogP contribution in [0.2, 0.25) is 0 Å². The largest absolute Gasteiger partial charge is 0.373 e. The minimum atomic E-state index is -0.206. The van der Waals surface area contributed by atoms with Crippen molar-refractivity contribution in [3.8, 4) is 0 Å². The monoisotopic (exact) mass is 256 g/mol. The van der Waals surface area contributed by atoms with Crippen LogP contribution in [0.4, 0.5) is 11.4 Å². The van der Waals surface area contributed by atoms with Gasteiger partial charge in [0.2, 0.25) is 5.91 Å². The number of hydrogen-bond donors (Lipinski definition) is 2. The molecule has 1 amide bonds. The van der Waals surface area contributed by atoms with Gasteiger partial charge in [0, 0.05) is 24.8 Å². The van der Waals surface area contributed by atoms with Crippen molar-refractivity contribution in [1.29, 1.82) is 0 Å². The van der Waals surface area contributed by atoms with Crippen LogP contribution in [0.25, 0.3) is 0 Å². The van der Waals surface area contributed by atoms with Crippen molar-refractivity contribution < 1.29 is 4.79 Å². The van der Waals surface area contributed by atoms with Gasteiger partial charge in [-0.1, -0.05) is 18.2 Å². The highest BCUT2D eigenvalue weighted by Crippen LogP contribution is 2.25. The summed E-state index contributed by atoms with van der Waals surface area (Å²) in [5.41, 5.74) is 2.98. The lowest BCUT2D eigenvalue weighted by molar-refractivity contribution is -0.116. The lowest BCUT2D eigenvalue weighted by Crippen LogP contribution is -2.32. The van der Waals surface area contributed by atoms with E-state index in [1.165, 1.54) is 5.56 Å². The number of nitrogens with one attached hydrogen (secondary N) is 2. The third-order valence-electron chi connectivity index (χ3n) is 3.31. The summed E-state index contributed by atoms with van der Waals surface area (Å²) in [4.78, 5) is 12.2. The van der Waals surface area contributed by atoms with E-state index in [-0.39, 0.29) is 11.9 Å². The van der Waals surface area contributed by atoms with Gasteiger partial charge in [-0.25, -0.2) is 0 Å². The number of para-hydroxylation sites is 1. The number of carbonyl (C=O) groups is 1. The molecule has 0 saturated carbocycles. The Morgan fingerprint density at radius 3 is 3.11 bits per heavy atom. The van der Waals surface area contributed by atoms with E-state index in [1.807, 2.05) is 37.4 Å². The Morgan fingerprint density at radius 1 is 1.53 bits per heavy atom. The number of benzene rings is 1. The molecular formula is C14H16N4O. The summed E-state index contributed by atoms with van der Waals surface area (Å²) in [6.45, 7) is 2.80. The number of nitrogens with zero attached hydrogens (tertiary/aromatic N) is 2. The van der Waals surface area contributed by atoms with Gasteiger partial charge in [-0.15, -0.1) is 0 Å². The maximum absolute atomic E-state index is 12.2. The van der Waals surface area contributed by atoms with Gasteiger partial charge >= 0.3 is 0 Å². The Morgan fingerprint density at radius 2 is 2.37 bits per heavy atom. The minimum absolute atomic E-state index is 0.0214. The molecule has 2 N–H and O–H groups in total. The van der Waals surface area contributed by atoms with Crippen LogP contribution in [0.1, 0.15) is 12.5 Å². The van der Waals surface area contributed by atoms with Crippen LogP contribution in [0.15, 0.2) is 36.7 Å². The van der Waals surface area contributed by atoms with Gasteiger partial charge in [0.15, 0.2) is 0 Å². The highest BCUT2D eigenvalue weighted by atomic mass is 16.2. The molecule has 2 aromatic rings. The summed E-state index contributed by atoms with van der Waals surface area (Å²) in [5.74, 6) is -0.0214. The molecule has 1 aromatic carbocycles. The Kier molecular flexibility index (Phi) is 2.95. The van der Waals surface area contributed by atoms with E-state index in [0.717, 1.165) is 24.3 Å². The molecule has 1 aliphatic heterocycles. The molecule has 1 aromatic heterocycles. The second kappa shape index (κ2) is 4.76. The standard InChI is InChI=1S/C14H16N4O/c1-2-18-9-11(8-15-18)16-14(19)13-7-10-5-3-4-6-12(10)17-13/h3-6,8-9,13,17H,2,7H2,1H3,(H,16,19). The SMILES string of the molecule is CCn1cc(NC(=O)C2Cc3ccccc3N2)cn1. The van der Waals surface area contributed by atoms with E-state index in [1.54, 1.807) is 10.9 Å². The van der Waals surface area contributed by atoms with Crippen LogP contribution < -0.4 is 10.6 Å². The molecule has 1 aliphatic rings. The zero-order valence-corrected chi connectivity index (χ0v) is 10.8. The van der Waals surface area contributed by atoms with E-state index in [0.29, 0.717) is 0 Å². The van der Waals surface area contributed by atoms with Crippen LogP contribution in [0.5, 0.6) is 0 Å². The molecule has 0 aliphatic carbocycles. The van der Waals surface area contributed by atoms with Crippen LogP contribution in [-0.4, -0.2) is 21.7 Å². The van der Waals surface area contributed by atoms with Gasteiger partial charge in [0.25, 0.3) is 0 Å². The summed E-state index contributed by atoms with van der Waals surface area (Å²) in [5, 5.41) is 10.3. The first-order valence-electron chi connectivity index (χ1n) is 6.44. The molecule has 5 nitrogen and oxygen atoms in total. The van der Waals surface area contributed by atoms with Gasteiger partial charge in [-0.05, 0) is 18.6 Å². The predicted molar refractivity (Wildman–Crippen MR) is 74.1 cm³/mol. The van der Waals surface area contributed by atoms with E-state index in [4.69, 9.17) is 0 Å². The maximum atomic E-state index is 12.2. The molecule has 0 saturated heterocycles. The molecule has 0 fully saturated rings. The zero-order chi connectivity index (χ0) is 13.2. The van der Waals surface area contributed by atoms with Gasteiger partial charge in [0.05, 0.1) is 11.9 Å². The van der Waals surface area contributed by atoms with E-state index < -0.39 is 0 Å². The first-order chi connectivity index (χ1) is 9.26. The molecule has 2 heterocycles. The van der Waals surface area contributed by atoms with Crippen molar-refractivity contribution >= 4 is 17.3 Å². The normalized spacial score (nSPS) is 16.8. The fourth-order valence-corrected chi connectivity index (χ4v) is 2.29. The highest BCUT2D eigenvalue weighted by Gasteiger charge is 2.26. The van der Waals surface area contributed by atoms with Gasteiger partial charge in [0.1, 0.15) is 6.04 Å². The fraction of sp³-hybridized carbons (Fsp3) is 0.286. The molecule has 0 bridgehead atoms. The van der Waals surface area contributed by atoms with Gasteiger partial charge in [-0.3, -0.25) is 9.48 Å². The molecule has 98 valence electrons. The number of anilines is 2. The molecule has 3 rings (SSSR count). The summed E-state index contributed by atoms with van der Waals surface area (Å²) in [7, 11) is 0. The third-order valence-corrected chi connectivity index (χ3v) is 3.31. The first-order valence-corrected chi connectivity index (χ1v) is 6.44. The smallest absolute Gasteiger partial charge is 0.247 e. The van der Waals surface area contributed by atoms with E-state index in [9.17, 15) is 4.79 Å². The Hall–Kier alpha value is -2.30. The number of hydrogen-bond acceptors (Lipinski definition) is 3. The second-order valence-electron chi connectivity index (χ2n) is 4.63. The van der Waals surface area contributed by atoms with Crippen molar-refractivity contribution in [3.63, 3.8) is 0 Å². The molecule has 1 atom stereocenters. The quantitative estimate of drug-likeness (QED) is 0.881. The van der Waals surface area contributed by atoms with Crippen molar-refractivity contribution in [2.75, 3.05) is 10.6 Å². The third kappa shape index (κ3) is 2.31. The summed E-state index contributed by atoms with van der Waals surface area (Å²) >= 11 is 0. The average Bonchev–Trinajstić information content (AvgIpc) is 3.04. The summed E-state index contributed by atoms with van der Waals surface area (Å²) in [6, 6.07) is 7.80. The van der Waals surface area contributed by atoms with Crippen LogP contribution in [0, 0.1) is 0 Å². The lowest BCUT2D eigenvalue weighted by atomic mass is 10.1. The van der Waals surface area contributed by atoms with Crippen molar-refractivity contribution in [1.82, 2.24) is 9.78 Å². The number of aryl methyl sites for hydroxylation is 1. The van der Waals surface area contributed by atoms with E-state index in [2.05, 4.69) is 15.7 Å². The van der Waals surface area contributed by atoms with Gasteiger partial charge in [-0.2, -0.15) is 5.10 Å². The molecule has 0 radical (unpaired) electrons. The number of carbonyl (C=O) groups excluding carboxylic acids is 1. The number of rotatable bonds is 3. The second-order valence-corrected chi connectivity index (χ2v) is 4.63. The molecule has 19 heavy (non-hydrogen) atoms. The molecule has 5 heteroatoms. The van der Waals surface area contributed by atoms with Crippen molar-refractivity contribution in [2.45, 2.75) is 25.9 Å². The lowest BCUT2D eigenvalue weighted by Gasteiger charge is -2.10. The number of amides is 1. The topological polar surface area (TPSA) is 59.0 Å². The molecule has 0 spiro atoms. The minimum Gasteiger partial charge on any atom is -0.373 e. The Labute approximate surface area is 111 Å². The van der Waals surface area contributed by atoms with Gasteiger partial charge < -0.3 is 10.6 Å². The summed E-state index contributed by atoms with van der Waals surface area (Å²) in [6.07, 6.45) is 4.23. The fourth-order valence-electron chi connectivity index (χ4n) is 2.29. The van der Waals surface area contributed by atoms with Crippen LogP contribution in [0.3, 0.4) is 0 Å². The summed E-state index contributed by atoms with van der Waals surface area (Å²) < 4.78 is 1.78. The van der Waals surface area contributed by atoms with Crippen molar-refractivity contribution in [2.24, 2.45) is 0 Å². The van der Waals surface area contributed by atoms with Crippen LogP contribution >= 0.6 is 0 Å². The number of fused-ring (bicyclic) bond motifs is 1.